The molecule has 0 bridgehead atoms. The number of hydrogen-bond acceptors (Lipinski definition) is 4. The molecule has 1 aromatic rings. The lowest BCUT2D eigenvalue weighted by Crippen LogP contribution is -2.24. The van der Waals surface area contributed by atoms with Gasteiger partial charge in [0.15, 0.2) is 5.84 Å². The topological polar surface area (TPSA) is 57.1 Å². The second-order valence-electron chi connectivity index (χ2n) is 5.03. The molecule has 5 nitrogen and oxygen atoms in total. The summed E-state index contributed by atoms with van der Waals surface area (Å²) in [5.74, 6) is 0.624. The highest BCUT2D eigenvalue weighted by atomic mass is 32.2. The van der Waals surface area contributed by atoms with E-state index in [0.717, 1.165) is 25.9 Å². The fourth-order valence-corrected chi connectivity index (χ4v) is 3.80. The van der Waals surface area contributed by atoms with Gasteiger partial charge in [0, 0.05) is 22.8 Å². The Hall–Kier alpha value is -1.05. The van der Waals surface area contributed by atoms with Gasteiger partial charge in [0.1, 0.15) is 0 Å². The zero-order valence-electron chi connectivity index (χ0n) is 12.0. The summed E-state index contributed by atoms with van der Waals surface area (Å²) in [6.07, 6.45) is 3.61. The largest absolute Gasteiger partial charge is 0.368 e. The molecule has 2 rings (SSSR count). The smallest absolute Gasteiger partial charge is 0.267 e. The summed E-state index contributed by atoms with van der Waals surface area (Å²) in [5.41, 5.74) is 1.38. The minimum Gasteiger partial charge on any atom is -0.368 e. The van der Waals surface area contributed by atoms with Gasteiger partial charge in [-0.25, -0.2) is 4.21 Å². The molecular formula is C13H20N4OS2. The molecule has 1 aliphatic rings. The number of hydrogen-bond donors (Lipinski definition) is 1. The third kappa shape index (κ3) is 4.50. The zero-order chi connectivity index (χ0) is 14.5. The molecule has 1 aromatic heterocycles. The molecule has 110 valence electrons. The van der Waals surface area contributed by atoms with Crippen molar-refractivity contribution >= 4 is 34.6 Å². The number of thiophene rings is 1. The number of rotatable bonds is 6. The monoisotopic (exact) mass is 312 g/mol. The van der Waals surface area contributed by atoms with Crippen LogP contribution in [-0.2, 0) is 24.1 Å². The summed E-state index contributed by atoms with van der Waals surface area (Å²) in [6, 6.07) is 2.28. The van der Waals surface area contributed by atoms with Crippen LogP contribution in [-0.4, -0.2) is 41.8 Å². The van der Waals surface area contributed by atoms with Crippen molar-refractivity contribution in [1.82, 2.24) is 10.2 Å². The number of nitrogens with zero attached hydrogens (tertiary/aromatic N) is 3. The summed E-state index contributed by atoms with van der Waals surface area (Å²) in [6.45, 7) is 4.01. The molecule has 0 saturated heterocycles. The maximum absolute atomic E-state index is 10.9. The van der Waals surface area contributed by atoms with Gasteiger partial charge in [0.25, 0.3) is 11.2 Å². The van der Waals surface area contributed by atoms with E-state index in [-0.39, 0.29) is 0 Å². The van der Waals surface area contributed by atoms with E-state index in [2.05, 4.69) is 46.1 Å². The van der Waals surface area contributed by atoms with Crippen LogP contribution in [0, 0.1) is 6.92 Å². The van der Waals surface area contributed by atoms with Crippen molar-refractivity contribution in [2.45, 2.75) is 26.3 Å². The van der Waals surface area contributed by atoms with Gasteiger partial charge < -0.3 is 10.2 Å². The lowest BCUT2D eigenvalue weighted by atomic mass is 10.2. The summed E-state index contributed by atoms with van der Waals surface area (Å²) in [5, 5.41) is 3.14. The van der Waals surface area contributed by atoms with Crippen LogP contribution in [0.2, 0.25) is 0 Å². The first-order valence-corrected chi connectivity index (χ1v) is 8.44. The molecule has 2 heterocycles. The van der Waals surface area contributed by atoms with Crippen molar-refractivity contribution in [2.75, 3.05) is 20.6 Å². The molecule has 0 aromatic carbocycles. The molecule has 0 amide bonds. The average molecular weight is 312 g/mol. The standard InChI is InChI=1S/C13H20N4OS2/c1-10-7-11(19-12(10)9-17(2)3)5-4-6-14-13-8-15-20(18)16-13/h7-8H,4-6,9H2,1-3H3,(H,14,16). The predicted octanol–water partition coefficient (Wildman–Crippen LogP) is 1.70. The highest BCUT2D eigenvalue weighted by Gasteiger charge is 2.08. The van der Waals surface area contributed by atoms with Crippen LogP contribution in [0.4, 0.5) is 0 Å². The number of amidine groups is 1. The van der Waals surface area contributed by atoms with Crippen LogP contribution >= 0.6 is 11.3 Å². The second kappa shape index (κ2) is 7.10. The van der Waals surface area contributed by atoms with E-state index in [1.807, 2.05) is 11.3 Å². The van der Waals surface area contributed by atoms with Crippen molar-refractivity contribution < 1.29 is 4.21 Å². The SMILES string of the molecule is Cc1cc(CCCNC2=NS(=O)N=C2)sc1CN(C)C. The van der Waals surface area contributed by atoms with Crippen LogP contribution in [0.3, 0.4) is 0 Å². The summed E-state index contributed by atoms with van der Waals surface area (Å²) in [7, 11) is 4.19. The summed E-state index contributed by atoms with van der Waals surface area (Å²) < 4.78 is 18.4. The van der Waals surface area contributed by atoms with Gasteiger partial charge in [-0.3, -0.25) is 0 Å². The zero-order valence-corrected chi connectivity index (χ0v) is 13.7. The second-order valence-corrected chi connectivity index (χ2v) is 7.10. The van der Waals surface area contributed by atoms with Crippen molar-refractivity contribution in [2.24, 2.45) is 8.80 Å². The molecule has 0 fully saturated rings. The Balaban J connectivity index is 1.75. The third-order valence-corrected chi connectivity index (χ3v) is 4.80. The molecular weight excluding hydrogens is 292 g/mol. The Bertz CT molecular complexity index is 549. The van der Waals surface area contributed by atoms with E-state index < -0.39 is 11.2 Å². The van der Waals surface area contributed by atoms with E-state index in [0.29, 0.717) is 5.84 Å². The number of nitrogens with one attached hydrogen (secondary N) is 1. The molecule has 7 heteroatoms. The first kappa shape index (κ1) is 15.3. The van der Waals surface area contributed by atoms with E-state index in [1.165, 1.54) is 21.5 Å². The van der Waals surface area contributed by atoms with Gasteiger partial charge in [-0.1, -0.05) is 0 Å². The fourth-order valence-electron chi connectivity index (χ4n) is 1.94. The molecule has 1 unspecified atom stereocenters. The van der Waals surface area contributed by atoms with Crippen molar-refractivity contribution in [3.8, 4) is 0 Å². The fraction of sp³-hybridized carbons (Fsp3) is 0.538. The Morgan fingerprint density at radius 2 is 2.25 bits per heavy atom. The Morgan fingerprint density at radius 1 is 1.45 bits per heavy atom. The molecule has 0 saturated carbocycles. The Morgan fingerprint density at radius 3 is 2.90 bits per heavy atom. The first-order chi connectivity index (χ1) is 9.54. The van der Waals surface area contributed by atoms with Gasteiger partial charge in [-0.15, -0.1) is 15.7 Å². The highest BCUT2D eigenvalue weighted by molar-refractivity contribution is 7.83. The van der Waals surface area contributed by atoms with E-state index in [1.54, 1.807) is 0 Å². The van der Waals surface area contributed by atoms with Crippen LogP contribution in [0.15, 0.2) is 14.9 Å². The summed E-state index contributed by atoms with van der Waals surface area (Å²) in [4.78, 5) is 5.06. The quantitative estimate of drug-likeness (QED) is 0.814. The number of aryl methyl sites for hydroxylation is 2. The lowest BCUT2D eigenvalue weighted by Gasteiger charge is -2.07. The summed E-state index contributed by atoms with van der Waals surface area (Å²) >= 11 is 0.489. The predicted molar refractivity (Wildman–Crippen MR) is 86.8 cm³/mol. The molecule has 0 spiro atoms. The van der Waals surface area contributed by atoms with Gasteiger partial charge >= 0.3 is 0 Å². The maximum Gasteiger partial charge on any atom is 0.267 e. The van der Waals surface area contributed by atoms with Crippen molar-refractivity contribution in [3.05, 3.63) is 21.4 Å². The minimum absolute atomic E-state index is 0.624. The Labute approximate surface area is 126 Å². The highest BCUT2D eigenvalue weighted by Crippen LogP contribution is 2.23. The van der Waals surface area contributed by atoms with Gasteiger partial charge in [0.05, 0.1) is 6.21 Å². The van der Waals surface area contributed by atoms with E-state index in [4.69, 9.17) is 0 Å². The first-order valence-electron chi connectivity index (χ1n) is 6.56. The average Bonchev–Trinajstić information content (AvgIpc) is 2.92. The van der Waals surface area contributed by atoms with Gasteiger partial charge in [-0.2, -0.15) is 4.40 Å². The van der Waals surface area contributed by atoms with Crippen molar-refractivity contribution in [3.63, 3.8) is 0 Å². The van der Waals surface area contributed by atoms with Gasteiger partial charge in [-0.05, 0) is 45.5 Å². The maximum atomic E-state index is 10.9. The molecule has 0 radical (unpaired) electrons. The van der Waals surface area contributed by atoms with Crippen LogP contribution < -0.4 is 5.32 Å². The van der Waals surface area contributed by atoms with Crippen molar-refractivity contribution in [1.29, 1.82) is 0 Å². The van der Waals surface area contributed by atoms with E-state index in [9.17, 15) is 4.21 Å². The molecule has 0 aliphatic carbocycles. The molecule has 1 N–H and O–H groups in total. The van der Waals surface area contributed by atoms with Gasteiger partial charge in [0.2, 0.25) is 0 Å². The lowest BCUT2D eigenvalue weighted by molar-refractivity contribution is 0.405. The normalized spacial score (nSPS) is 17.8. The molecule has 1 aliphatic heterocycles. The van der Waals surface area contributed by atoms with E-state index >= 15 is 0 Å². The minimum atomic E-state index is -1.41. The third-order valence-electron chi connectivity index (χ3n) is 2.88. The van der Waals surface area contributed by atoms with Crippen LogP contribution in [0.25, 0.3) is 0 Å². The Kier molecular flexibility index (Phi) is 5.45. The van der Waals surface area contributed by atoms with Crippen LogP contribution in [0.5, 0.6) is 0 Å². The molecule has 1 atom stereocenters. The molecule has 20 heavy (non-hydrogen) atoms. The van der Waals surface area contributed by atoms with Crippen LogP contribution in [0.1, 0.15) is 21.7 Å².